The van der Waals surface area contributed by atoms with Crippen molar-refractivity contribution in [3.8, 4) is 0 Å². The van der Waals surface area contributed by atoms with Crippen LogP contribution in [-0.4, -0.2) is 24.9 Å². The van der Waals surface area contributed by atoms with Crippen molar-refractivity contribution in [3.63, 3.8) is 0 Å². The van der Waals surface area contributed by atoms with Gasteiger partial charge in [0, 0.05) is 31.6 Å². The summed E-state index contributed by atoms with van der Waals surface area (Å²) < 4.78 is 0. The molecule has 0 atom stereocenters. The first-order valence-corrected chi connectivity index (χ1v) is 8.17. The molecule has 0 aliphatic heterocycles. The van der Waals surface area contributed by atoms with E-state index in [-0.39, 0.29) is 17.7 Å². The molecule has 0 unspecified atom stereocenters. The third-order valence-electron chi connectivity index (χ3n) is 3.59. The number of nitrogens with zero attached hydrogens (tertiary/aromatic N) is 1. The van der Waals surface area contributed by atoms with Gasteiger partial charge in [0.2, 0.25) is 11.8 Å². The largest absolute Gasteiger partial charge is 0.354 e. The van der Waals surface area contributed by atoms with Crippen molar-refractivity contribution in [3.05, 3.63) is 28.2 Å². The molecule has 0 radical (unpaired) electrons. The molecule has 0 bridgehead atoms. The van der Waals surface area contributed by atoms with Gasteiger partial charge in [-0.1, -0.05) is 37.0 Å². The number of benzene rings is 1. The maximum absolute atomic E-state index is 11.9. The van der Waals surface area contributed by atoms with E-state index in [1.807, 2.05) is 13.8 Å². The van der Waals surface area contributed by atoms with Gasteiger partial charge in [0.25, 0.3) is 0 Å². The van der Waals surface area contributed by atoms with Crippen LogP contribution >= 0.6 is 23.2 Å². The third kappa shape index (κ3) is 5.18. The Morgan fingerprint density at radius 3 is 2.32 bits per heavy atom. The van der Waals surface area contributed by atoms with Gasteiger partial charge in [-0.2, -0.15) is 0 Å². The summed E-state index contributed by atoms with van der Waals surface area (Å²) in [6.45, 7) is 6.25. The van der Waals surface area contributed by atoms with E-state index in [2.05, 4.69) is 5.32 Å². The summed E-state index contributed by atoms with van der Waals surface area (Å²) in [5, 5.41) is 3.71. The number of hydrogen-bond donors (Lipinski definition) is 1. The normalized spacial score (nSPS) is 10.6. The number of amides is 2. The fourth-order valence-electron chi connectivity index (χ4n) is 2.22. The van der Waals surface area contributed by atoms with Crippen LogP contribution in [0.1, 0.15) is 33.6 Å². The molecule has 2 amide bonds. The minimum atomic E-state index is -0.116. The van der Waals surface area contributed by atoms with Crippen LogP contribution < -0.4 is 10.2 Å². The Bertz CT molecular complexity index is 531. The maximum atomic E-state index is 11.9. The summed E-state index contributed by atoms with van der Waals surface area (Å²) in [5.74, 6) is -0.0615. The number of halogens is 2. The van der Waals surface area contributed by atoms with Gasteiger partial charge in [0.15, 0.2) is 0 Å². The fourth-order valence-corrected chi connectivity index (χ4v) is 2.51. The smallest absolute Gasteiger partial charge is 0.223 e. The lowest BCUT2D eigenvalue weighted by Crippen LogP contribution is -2.39. The Hall–Kier alpha value is -1.26. The average Bonchev–Trinajstić information content (AvgIpc) is 2.47. The summed E-state index contributed by atoms with van der Waals surface area (Å²) >= 11 is 11.9. The Labute approximate surface area is 141 Å². The highest BCUT2D eigenvalue weighted by Crippen LogP contribution is 2.27. The molecule has 1 aromatic carbocycles. The number of hydrogen-bond acceptors (Lipinski definition) is 2. The number of nitrogens with one attached hydrogen (secondary N) is 1. The highest BCUT2D eigenvalue weighted by molar-refractivity contribution is 6.42. The molecule has 1 aromatic rings. The molecule has 0 saturated heterocycles. The van der Waals surface area contributed by atoms with Crippen LogP contribution in [0.5, 0.6) is 0 Å². The van der Waals surface area contributed by atoms with Crippen LogP contribution in [0.4, 0.5) is 5.69 Å². The van der Waals surface area contributed by atoms with E-state index in [9.17, 15) is 9.59 Å². The molecule has 1 N–H and O–H groups in total. The maximum Gasteiger partial charge on any atom is 0.223 e. The number of rotatable bonds is 7. The monoisotopic (exact) mass is 344 g/mol. The van der Waals surface area contributed by atoms with Gasteiger partial charge in [-0.05, 0) is 31.0 Å². The molecule has 0 aromatic heterocycles. The topological polar surface area (TPSA) is 49.4 Å². The van der Waals surface area contributed by atoms with Crippen LogP contribution in [-0.2, 0) is 9.59 Å². The summed E-state index contributed by atoms with van der Waals surface area (Å²) in [4.78, 5) is 25.3. The van der Waals surface area contributed by atoms with Crippen LogP contribution in [0, 0.1) is 5.92 Å². The van der Waals surface area contributed by atoms with E-state index >= 15 is 0 Å². The molecule has 0 spiro atoms. The Morgan fingerprint density at radius 2 is 1.82 bits per heavy atom. The predicted molar refractivity (Wildman–Crippen MR) is 91.6 cm³/mol. The zero-order chi connectivity index (χ0) is 16.7. The molecule has 22 heavy (non-hydrogen) atoms. The van der Waals surface area contributed by atoms with Crippen molar-refractivity contribution in [1.29, 1.82) is 0 Å². The Kier molecular flexibility index (Phi) is 7.69. The van der Waals surface area contributed by atoms with Crippen LogP contribution in [0.25, 0.3) is 0 Å². The molecule has 0 heterocycles. The molecule has 122 valence electrons. The molecule has 6 heteroatoms. The van der Waals surface area contributed by atoms with Crippen LogP contribution in [0.3, 0.4) is 0 Å². The molecular formula is C16H22Cl2N2O2. The SMILES string of the molecule is CCC(CC)C(=O)NCCN(C(C)=O)c1ccc(Cl)c(Cl)c1. The van der Waals surface area contributed by atoms with E-state index in [1.165, 1.54) is 6.92 Å². The summed E-state index contributed by atoms with van der Waals surface area (Å²) in [6, 6.07) is 5.03. The minimum Gasteiger partial charge on any atom is -0.354 e. The zero-order valence-electron chi connectivity index (χ0n) is 13.2. The van der Waals surface area contributed by atoms with E-state index in [0.29, 0.717) is 28.8 Å². The zero-order valence-corrected chi connectivity index (χ0v) is 14.7. The van der Waals surface area contributed by atoms with Crippen LogP contribution in [0.15, 0.2) is 18.2 Å². The molecule has 0 aliphatic carbocycles. The van der Waals surface area contributed by atoms with Gasteiger partial charge in [-0.3, -0.25) is 9.59 Å². The van der Waals surface area contributed by atoms with E-state index in [1.54, 1.807) is 23.1 Å². The summed E-state index contributed by atoms with van der Waals surface area (Å²) in [7, 11) is 0. The lowest BCUT2D eigenvalue weighted by molar-refractivity contribution is -0.125. The number of carbonyl (C=O) groups excluding carboxylic acids is 2. The summed E-state index contributed by atoms with van der Waals surface area (Å²) in [6.07, 6.45) is 1.62. The standard InChI is InChI=1S/C16H22Cl2N2O2/c1-4-12(5-2)16(22)19-8-9-20(11(3)21)13-6-7-14(17)15(18)10-13/h6-7,10,12H,4-5,8-9H2,1-3H3,(H,19,22). The third-order valence-corrected chi connectivity index (χ3v) is 4.33. The van der Waals surface area contributed by atoms with Crippen molar-refractivity contribution in [1.82, 2.24) is 5.32 Å². The Balaban J connectivity index is 2.68. The van der Waals surface area contributed by atoms with Gasteiger partial charge < -0.3 is 10.2 Å². The quantitative estimate of drug-likeness (QED) is 0.815. The van der Waals surface area contributed by atoms with Gasteiger partial charge >= 0.3 is 0 Å². The molecule has 0 fully saturated rings. The average molecular weight is 345 g/mol. The van der Waals surface area contributed by atoms with Crippen molar-refractivity contribution in [2.75, 3.05) is 18.0 Å². The lowest BCUT2D eigenvalue weighted by atomic mass is 10.0. The lowest BCUT2D eigenvalue weighted by Gasteiger charge is -2.22. The van der Waals surface area contributed by atoms with Crippen LogP contribution in [0.2, 0.25) is 10.0 Å². The van der Waals surface area contributed by atoms with E-state index in [4.69, 9.17) is 23.2 Å². The van der Waals surface area contributed by atoms with Gasteiger partial charge in [0.1, 0.15) is 0 Å². The highest BCUT2D eigenvalue weighted by atomic mass is 35.5. The second kappa shape index (κ2) is 9.01. The molecule has 0 aliphatic rings. The summed E-state index contributed by atoms with van der Waals surface area (Å²) in [5.41, 5.74) is 0.665. The number of anilines is 1. The second-order valence-electron chi connectivity index (χ2n) is 5.07. The van der Waals surface area contributed by atoms with Gasteiger partial charge in [-0.15, -0.1) is 0 Å². The minimum absolute atomic E-state index is 0.0238. The van der Waals surface area contributed by atoms with Crippen molar-refractivity contribution in [2.24, 2.45) is 5.92 Å². The Morgan fingerprint density at radius 1 is 1.18 bits per heavy atom. The second-order valence-corrected chi connectivity index (χ2v) is 5.89. The molecule has 1 rings (SSSR count). The van der Waals surface area contributed by atoms with Crippen molar-refractivity contribution in [2.45, 2.75) is 33.6 Å². The van der Waals surface area contributed by atoms with E-state index in [0.717, 1.165) is 12.8 Å². The number of carbonyl (C=O) groups is 2. The van der Waals surface area contributed by atoms with Crippen molar-refractivity contribution < 1.29 is 9.59 Å². The molecular weight excluding hydrogens is 323 g/mol. The van der Waals surface area contributed by atoms with Crippen molar-refractivity contribution >= 4 is 40.7 Å². The first kappa shape index (κ1) is 18.8. The first-order chi connectivity index (χ1) is 10.4. The van der Waals surface area contributed by atoms with Gasteiger partial charge in [-0.25, -0.2) is 0 Å². The highest BCUT2D eigenvalue weighted by Gasteiger charge is 2.16. The fraction of sp³-hybridized carbons (Fsp3) is 0.500. The van der Waals surface area contributed by atoms with Gasteiger partial charge in [0.05, 0.1) is 10.0 Å². The first-order valence-electron chi connectivity index (χ1n) is 7.41. The molecule has 4 nitrogen and oxygen atoms in total. The molecule has 0 saturated carbocycles. The predicted octanol–water partition coefficient (Wildman–Crippen LogP) is 3.90. The van der Waals surface area contributed by atoms with E-state index < -0.39 is 0 Å².